The number of halogens is 3. The van der Waals surface area contributed by atoms with Crippen LogP contribution in [-0.4, -0.2) is 26.8 Å². The van der Waals surface area contributed by atoms with E-state index in [1.165, 1.54) is 23.9 Å². The third-order valence-electron chi connectivity index (χ3n) is 5.35. The molecule has 1 aliphatic heterocycles. The Hall–Kier alpha value is -2.62. The minimum atomic E-state index is -2.76. The number of amides is 1. The first-order valence-corrected chi connectivity index (χ1v) is 10.1. The average Bonchev–Trinajstić information content (AvgIpc) is 3.13. The fourth-order valence-corrected chi connectivity index (χ4v) is 5.00. The molecule has 152 valence electrons. The number of carbonyl (C=O) groups excluding carboxylic acids is 1. The van der Waals surface area contributed by atoms with E-state index >= 15 is 0 Å². The highest BCUT2D eigenvalue weighted by atomic mass is 32.2. The van der Waals surface area contributed by atoms with Gasteiger partial charge in [-0.1, -0.05) is 18.2 Å². The highest BCUT2D eigenvalue weighted by Gasteiger charge is 2.48. The van der Waals surface area contributed by atoms with Crippen LogP contribution in [-0.2, 0) is 5.54 Å². The number of carbonyl (C=O) groups is 1. The third-order valence-corrected chi connectivity index (χ3v) is 6.30. The minimum Gasteiger partial charge on any atom is -0.379 e. The van der Waals surface area contributed by atoms with Crippen LogP contribution in [0.4, 0.5) is 18.9 Å². The van der Waals surface area contributed by atoms with Crippen molar-refractivity contribution in [2.45, 2.75) is 31.2 Å². The van der Waals surface area contributed by atoms with Crippen molar-refractivity contribution < 1.29 is 18.0 Å². The number of nitrogens with zero attached hydrogens (tertiary/aromatic N) is 3. The second-order valence-corrected chi connectivity index (χ2v) is 8.09. The number of nitrogens with one attached hydrogen (secondary N) is 1. The van der Waals surface area contributed by atoms with Crippen LogP contribution < -0.4 is 11.1 Å². The zero-order valence-corrected chi connectivity index (χ0v) is 16.1. The molecule has 2 heterocycles. The number of hydrogen-bond acceptors (Lipinski definition) is 6. The first kappa shape index (κ1) is 19.7. The molecule has 4 rings (SSSR count). The second-order valence-electron chi connectivity index (χ2n) is 7.05. The van der Waals surface area contributed by atoms with Crippen molar-refractivity contribution in [3.63, 3.8) is 0 Å². The second kappa shape index (κ2) is 7.66. The normalized spacial score (nSPS) is 23.6. The summed E-state index contributed by atoms with van der Waals surface area (Å²) < 4.78 is 39.9. The zero-order chi connectivity index (χ0) is 20.6. The molecule has 6 nitrogen and oxygen atoms in total. The van der Waals surface area contributed by atoms with Crippen LogP contribution in [0.15, 0.2) is 35.6 Å². The maximum Gasteiger partial charge on any atom is 0.281 e. The van der Waals surface area contributed by atoms with Gasteiger partial charge in [-0.15, -0.1) is 0 Å². The molecule has 2 atom stereocenters. The lowest BCUT2D eigenvalue weighted by molar-refractivity contribution is 0.102. The standard InChI is InChI=1S/C19H18F3N5OS/c20-13-4-3-11(26-17(28)15-8-24-14(7-25-15)16(21)22)6-12(13)19-5-1-2-10(19)9-29-18(23)27-19/h3-4,6-8,10,16H,1-2,5,9H2,(H2,23,27)(H,26,28)/t10-,19-/m0/s1. The number of rotatable bonds is 4. The van der Waals surface area contributed by atoms with E-state index < -0.39 is 29.4 Å². The molecule has 1 aliphatic carbocycles. The first-order valence-electron chi connectivity index (χ1n) is 9.08. The number of nitrogens with two attached hydrogens (primary N) is 1. The molecule has 1 saturated carbocycles. The van der Waals surface area contributed by atoms with Crippen molar-refractivity contribution in [3.8, 4) is 0 Å². The molecule has 1 aromatic carbocycles. The van der Waals surface area contributed by atoms with E-state index in [4.69, 9.17) is 5.73 Å². The van der Waals surface area contributed by atoms with Crippen molar-refractivity contribution >= 4 is 28.5 Å². The lowest BCUT2D eigenvalue weighted by Gasteiger charge is -2.36. The van der Waals surface area contributed by atoms with Gasteiger partial charge in [0, 0.05) is 17.0 Å². The highest BCUT2D eigenvalue weighted by molar-refractivity contribution is 8.13. The van der Waals surface area contributed by atoms with Gasteiger partial charge in [0.05, 0.1) is 17.9 Å². The van der Waals surface area contributed by atoms with Gasteiger partial charge >= 0.3 is 0 Å². The van der Waals surface area contributed by atoms with E-state index in [1.807, 2.05) is 0 Å². The van der Waals surface area contributed by atoms with E-state index in [2.05, 4.69) is 20.3 Å². The van der Waals surface area contributed by atoms with Crippen LogP contribution >= 0.6 is 11.8 Å². The van der Waals surface area contributed by atoms with Gasteiger partial charge in [-0.05, 0) is 37.0 Å². The summed E-state index contributed by atoms with van der Waals surface area (Å²) in [5.74, 6) is -0.0803. The number of amidine groups is 1. The SMILES string of the molecule is NC1=N[C@@]2(c3cc(NC(=O)c4cnc(C(F)F)cn4)ccc3F)CCC[C@H]2CS1. The Bertz CT molecular complexity index is 969. The average molecular weight is 421 g/mol. The molecule has 0 bridgehead atoms. The molecule has 0 unspecified atom stereocenters. The predicted octanol–water partition coefficient (Wildman–Crippen LogP) is 3.86. The summed E-state index contributed by atoms with van der Waals surface area (Å²) in [4.78, 5) is 24.3. The lowest BCUT2D eigenvalue weighted by Crippen LogP contribution is -2.37. The largest absolute Gasteiger partial charge is 0.379 e. The maximum atomic E-state index is 14.8. The molecular weight excluding hydrogens is 403 g/mol. The van der Waals surface area contributed by atoms with Crippen LogP contribution in [0.25, 0.3) is 0 Å². The smallest absolute Gasteiger partial charge is 0.281 e. The molecule has 3 N–H and O–H groups in total. The Kier molecular flexibility index (Phi) is 5.20. The highest BCUT2D eigenvalue weighted by Crippen LogP contribution is 2.51. The molecule has 10 heteroatoms. The lowest BCUT2D eigenvalue weighted by atomic mass is 9.81. The summed E-state index contributed by atoms with van der Waals surface area (Å²) in [6.45, 7) is 0. The number of alkyl halides is 2. The minimum absolute atomic E-state index is 0.117. The van der Waals surface area contributed by atoms with Gasteiger partial charge in [-0.25, -0.2) is 18.2 Å². The molecule has 1 fully saturated rings. The summed E-state index contributed by atoms with van der Waals surface area (Å²) in [5, 5.41) is 3.06. The zero-order valence-electron chi connectivity index (χ0n) is 15.2. The number of thioether (sulfide) groups is 1. The van der Waals surface area contributed by atoms with Crippen molar-refractivity contribution in [1.29, 1.82) is 0 Å². The molecule has 1 amide bonds. The fraction of sp³-hybridized carbons (Fsp3) is 0.368. The number of benzene rings is 1. The molecule has 2 aromatic rings. The summed E-state index contributed by atoms with van der Waals surface area (Å²) in [6.07, 6.45) is 1.62. The maximum absolute atomic E-state index is 14.8. The summed E-state index contributed by atoms with van der Waals surface area (Å²) >= 11 is 1.48. The van der Waals surface area contributed by atoms with E-state index in [0.29, 0.717) is 22.8 Å². The molecule has 29 heavy (non-hydrogen) atoms. The van der Waals surface area contributed by atoms with Crippen LogP contribution in [0.1, 0.15) is 47.4 Å². The Morgan fingerprint density at radius 1 is 1.31 bits per heavy atom. The molecule has 2 aliphatic rings. The van der Waals surface area contributed by atoms with Gasteiger partial charge in [0.2, 0.25) is 0 Å². The summed E-state index contributed by atoms with van der Waals surface area (Å²) in [7, 11) is 0. The number of anilines is 1. The molecule has 0 radical (unpaired) electrons. The van der Waals surface area contributed by atoms with E-state index in [1.54, 1.807) is 6.07 Å². The molecule has 0 saturated heterocycles. The summed E-state index contributed by atoms with van der Waals surface area (Å²) in [5.41, 5.74) is 5.35. The van der Waals surface area contributed by atoms with Crippen LogP contribution in [0, 0.1) is 11.7 Å². The first-order chi connectivity index (χ1) is 13.9. The van der Waals surface area contributed by atoms with E-state index in [0.717, 1.165) is 31.0 Å². The van der Waals surface area contributed by atoms with Crippen molar-refractivity contribution in [2.75, 3.05) is 11.1 Å². The Morgan fingerprint density at radius 2 is 2.14 bits per heavy atom. The summed E-state index contributed by atoms with van der Waals surface area (Å²) in [6, 6.07) is 4.29. The van der Waals surface area contributed by atoms with Crippen LogP contribution in [0.2, 0.25) is 0 Å². The Labute approximate surface area is 169 Å². The molecule has 0 spiro atoms. The van der Waals surface area contributed by atoms with Crippen molar-refractivity contribution in [2.24, 2.45) is 16.6 Å². The van der Waals surface area contributed by atoms with E-state index in [9.17, 15) is 18.0 Å². The topological polar surface area (TPSA) is 93.3 Å². The number of aliphatic imine (C=N–C) groups is 1. The Balaban J connectivity index is 1.62. The molecule has 1 aromatic heterocycles. The quantitative estimate of drug-likeness (QED) is 0.782. The number of hydrogen-bond donors (Lipinski definition) is 2. The van der Waals surface area contributed by atoms with Gasteiger partial charge in [0.1, 0.15) is 17.2 Å². The van der Waals surface area contributed by atoms with Crippen molar-refractivity contribution in [1.82, 2.24) is 9.97 Å². The van der Waals surface area contributed by atoms with Gasteiger partial charge in [0.25, 0.3) is 12.3 Å². The van der Waals surface area contributed by atoms with Crippen molar-refractivity contribution in [3.05, 3.63) is 53.4 Å². The van der Waals surface area contributed by atoms with Gasteiger partial charge in [0.15, 0.2) is 5.17 Å². The number of fused-ring (bicyclic) bond motifs is 1. The Morgan fingerprint density at radius 3 is 2.86 bits per heavy atom. The monoisotopic (exact) mass is 421 g/mol. The number of aromatic nitrogens is 2. The fourth-order valence-electron chi connectivity index (χ4n) is 3.96. The van der Waals surface area contributed by atoms with Crippen LogP contribution in [0.3, 0.4) is 0 Å². The van der Waals surface area contributed by atoms with Gasteiger partial charge in [-0.2, -0.15) is 0 Å². The molecular formula is C19H18F3N5OS. The van der Waals surface area contributed by atoms with E-state index in [-0.39, 0.29) is 11.6 Å². The third kappa shape index (κ3) is 3.68. The van der Waals surface area contributed by atoms with Crippen LogP contribution in [0.5, 0.6) is 0 Å². The predicted molar refractivity (Wildman–Crippen MR) is 104 cm³/mol. The van der Waals surface area contributed by atoms with Gasteiger partial charge in [-0.3, -0.25) is 14.8 Å². The van der Waals surface area contributed by atoms with Gasteiger partial charge < -0.3 is 11.1 Å².